The van der Waals surface area contributed by atoms with Crippen LogP contribution in [-0.2, 0) is 5.41 Å². The number of furan rings is 1. The molecule has 0 fully saturated rings. The van der Waals surface area contributed by atoms with E-state index >= 15 is 0 Å². The molecule has 0 saturated heterocycles. The average molecular weight is 515 g/mol. The fourth-order valence-corrected chi connectivity index (χ4v) is 6.20. The van der Waals surface area contributed by atoms with Gasteiger partial charge in [-0.3, -0.25) is 0 Å². The molecule has 5 aromatic carbocycles. The summed E-state index contributed by atoms with van der Waals surface area (Å²) in [5, 5.41) is 2.31. The van der Waals surface area contributed by atoms with E-state index in [1.54, 1.807) is 0 Å². The number of benzene rings is 5. The van der Waals surface area contributed by atoms with Crippen LogP contribution in [0.1, 0.15) is 25.0 Å². The topological polar surface area (TPSA) is 38.9 Å². The van der Waals surface area contributed by atoms with Gasteiger partial charge in [0.2, 0.25) is 0 Å². The standard InChI is InChI=1S/C37H26N2O/c1-37(2)30-18-17-25(19-27(30)28-20-29-26-15-9-10-16-34(26)40-35(29)21-31(28)37)33-22-32(23-11-5-3-6-12-23)38-36(39-33)24-13-7-4-8-14-24/h3-22H,1-2H3. The fourth-order valence-electron chi connectivity index (χ4n) is 6.20. The Morgan fingerprint density at radius 2 is 1.15 bits per heavy atom. The van der Waals surface area contributed by atoms with Gasteiger partial charge in [-0.25, -0.2) is 9.97 Å². The van der Waals surface area contributed by atoms with Crippen LogP contribution < -0.4 is 0 Å². The molecule has 7 aromatic rings. The maximum absolute atomic E-state index is 6.26. The summed E-state index contributed by atoms with van der Waals surface area (Å²) in [6, 6.07) is 42.3. The first-order chi connectivity index (χ1) is 19.6. The summed E-state index contributed by atoms with van der Waals surface area (Å²) in [7, 11) is 0. The quantitative estimate of drug-likeness (QED) is 0.236. The molecule has 0 bridgehead atoms. The van der Waals surface area contributed by atoms with E-state index in [0.29, 0.717) is 0 Å². The zero-order valence-electron chi connectivity index (χ0n) is 22.3. The minimum Gasteiger partial charge on any atom is -0.456 e. The molecule has 0 atom stereocenters. The van der Waals surface area contributed by atoms with Gasteiger partial charge >= 0.3 is 0 Å². The lowest BCUT2D eigenvalue weighted by Crippen LogP contribution is -2.14. The predicted octanol–water partition coefficient (Wildman–Crippen LogP) is 9.68. The largest absolute Gasteiger partial charge is 0.456 e. The number of rotatable bonds is 3. The lowest BCUT2D eigenvalue weighted by molar-refractivity contribution is 0.647. The van der Waals surface area contributed by atoms with Gasteiger partial charge in [0.25, 0.3) is 0 Å². The molecule has 3 nitrogen and oxygen atoms in total. The number of hydrogen-bond acceptors (Lipinski definition) is 3. The van der Waals surface area contributed by atoms with E-state index in [1.807, 2.05) is 48.5 Å². The smallest absolute Gasteiger partial charge is 0.160 e. The molecule has 190 valence electrons. The molecule has 0 spiro atoms. The maximum Gasteiger partial charge on any atom is 0.160 e. The molecule has 0 saturated carbocycles. The summed E-state index contributed by atoms with van der Waals surface area (Å²) < 4.78 is 6.26. The molecule has 0 radical (unpaired) electrons. The van der Waals surface area contributed by atoms with Crippen molar-refractivity contribution in [3.8, 4) is 45.0 Å². The third-order valence-electron chi connectivity index (χ3n) is 8.30. The highest BCUT2D eigenvalue weighted by atomic mass is 16.3. The summed E-state index contributed by atoms with van der Waals surface area (Å²) in [4.78, 5) is 10.0. The normalized spacial score (nSPS) is 13.4. The summed E-state index contributed by atoms with van der Waals surface area (Å²) in [5.74, 6) is 0.727. The number of nitrogens with zero attached hydrogens (tertiary/aromatic N) is 2. The second kappa shape index (κ2) is 8.49. The molecule has 40 heavy (non-hydrogen) atoms. The van der Waals surface area contributed by atoms with Crippen molar-refractivity contribution in [2.24, 2.45) is 0 Å². The monoisotopic (exact) mass is 514 g/mol. The van der Waals surface area contributed by atoms with Gasteiger partial charge in [0, 0.05) is 32.9 Å². The molecule has 0 unspecified atom stereocenters. The Labute approximate surface area is 232 Å². The van der Waals surface area contributed by atoms with Crippen LogP contribution in [0.25, 0.3) is 67.0 Å². The molecular weight excluding hydrogens is 488 g/mol. The van der Waals surface area contributed by atoms with Crippen molar-refractivity contribution in [2.75, 3.05) is 0 Å². The molecule has 0 N–H and O–H groups in total. The highest BCUT2D eigenvalue weighted by Gasteiger charge is 2.36. The van der Waals surface area contributed by atoms with Gasteiger partial charge in [-0.05, 0) is 52.6 Å². The highest BCUT2D eigenvalue weighted by Crippen LogP contribution is 2.51. The molecule has 1 aliphatic carbocycles. The summed E-state index contributed by atoms with van der Waals surface area (Å²) in [5.41, 5.74) is 11.9. The van der Waals surface area contributed by atoms with Gasteiger partial charge in [0.05, 0.1) is 11.4 Å². The Morgan fingerprint density at radius 3 is 1.93 bits per heavy atom. The Morgan fingerprint density at radius 1 is 0.500 bits per heavy atom. The lowest BCUT2D eigenvalue weighted by Gasteiger charge is -2.21. The van der Waals surface area contributed by atoms with Crippen LogP contribution in [0.2, 0.25) is 0 Å². The molecule has 1 aliphatic rings. The van der Waals surface area contributed by atoms with Crippen molar-refractivity contribution in [1.29, 1.82) is 0 Å². The van der Waals surface area contributed by atoms with Crippen LogP contribution >= 0.6 is 0 Å². The van der Waals surface area contributed by atoms with E-state index in [9.17, 15) is 0 Å². The molecule has 2 heterocycles. The number of para-hydroxylation sites is 1. The molecule has 3 heteroatoms. The number of hydrogen-bond donors (Lipinski definition) is 0. The van der Waals surface area contributed by atoms with Crippen LogP contribution in [-0.4, -0.2) is 9.97 Å². The van der Waals surface area contributed by atoms with E-state index in [1.165, 1.54) is 22.3 Å². The Hall–Kier alpha value is -5.02. The van der Waals surface area contributed by atoms with Gasteiger partial charge in [-0.1, -0.05) is 105 Å². The van der Waals surface area contributed by atoms with E-state index < -0.39 is 0 Å². The first kappa shape index (κ1) is 22.9. The summed E-state index contributed by atoms with van der Waals surface area (Å²) >= 11 is 0. The lowest BCUT2D eigenvalue weighted by atomic mass is 9.82. The van der Waals surface area contributed by atoms with Crippen LogP contribution in [0, 0.1) is 0 Å². The van der Waals surface area contributed by atoms with Crippen molar-refractivity contribution in [3.63, 3.8) is 0 Å². The summed E-state index contributed by atoms with van der Waals surface area (Å²) in [6.07, 6.45) is 0. The zero-order valence-corrected chi connectivity index (χ0v) is 22.3. The molecular formula is C37H26N2O. The number of fused-ring (bicyclic) bond motifs is 6. The van der Waals surface area contributed by atoms with Gasteiger partial charge < -0.3 is 4.42 Å². The molecule has 2 aromatic heterocycles. The SMILES string of the molecule is CC1(C)c2ccc(-c3cc(-c4ccccc4)nc(-c4ccccc4)n3)cc2-c2cc3c(cc21)oc1ccccc13. The third-order valence-corrected chi connectivity index (χ3v) is 8.30. The van der Waals surface area contributed by atoms with Crippen LogP contribution in [0.3, 0.4) is 0 Å². The Bertz CT molecular complexity index is 2010. The van der Waals surface area contributed by atoms with Crippen molar-refractivity contribution in [2.45, 2.75) is 19.3 Å². The minimum absolute atomic E-state index is 0.133. The van der Waals surface area contributed by atoms with E-state index in [4.69, 9.17) is 14.4 Å². The molecule has 0 amide bonds. The predicted molar refractivity (Wildman–Crippen MR) is 163 cm³/mol. The van der Waals surface area contributed by atoms with Crippen molar-refractivity contribution in [3.05, 3.63) is 132 Å². The summed E-state index contributed by atoms with van der Waals surface area (Å²) in [6.45, 7) is 4.61. The minimum atomic E-state index is -0.133. The van der Waals surface area contributed by atoms with E-state index in [-0.39, 0.29) is 5.41 Å². The van der Waals surface area contributed by atoms with Gasteiger partial charge in [0.1, 0.15) is 11.2 Å². The van der Waals surface area contributed by atoms with Crippen molar-refractivity contribution < 1.29 is 4.42 Å². The average Bonchev–Trinajstić information content (AvgIpc) is 3.48. The van der Waals surface area contributed by atoms with Gasteiger partial charge in [-0.2, -0.15) is 0 Å². The van der Waals surface area contributed by atoms with Gasteiger partial charge in [0.15, 0.2) is 5.82 Å². The Balaban J connectivity index is 1.34. The number of aromatic nitrogens is 2. The second-order valence-corrected chi connectivity index (χ2v) is 11.1. The highest BCUT2D eigenvalue weighted by molar-refractivity contribution is 6.07. The zero-order chi connectivity index (χ0) is 26.8. The molecule has 8 rings (SSSR count). The van der Waals surface area contributed by atoms with E-state index in [0.717, 1.165) is 55.8 Å². The van der Waals surface area contributed by atoms with E-state index in [2.05, 4.69) is 86.6 Å². The first-order valence-corrected chi connectivity index (χ1v) is 13.7. The van der Waals surface area contributed by atoms with Crippen molar-refractivity contribution in [1.82, 2.24) is 9.97 Å². The fraction of sp³-hybridized carbons (Fsp3) is 0.0811. The van der Waals surface area contributed by atoms with Gasteiger partial charge in [-0.15, -0.1) is 0 Å². The van der Waals surface area contributed by atoms with Crippen LogP contribution in [0.4, 0.5) is 0 Å². The van der Waals surface area contributed by atoms with Crippen LogP contribution in [0.15, 0.2) is 126 Å². The molecule has 0 aliphatic heterocycles. The second-order valence-electron chi connectivity index (χ2n) is 11.1. The third kappa shape index (κ3) is 3.44. The maximum atomic E-state index is 6.26. The van der Waals surface area contributed by atoms with Crippen LogP contribution in [0.5, 0.6) is 0 Å². The van der Waals surface area contributed by atoms with Crippen molar-refractivity contribution >= 4 is 21.9 Å². The Kier molecular flexibility index (Phi) is 4.86. The first-order valence-electron chi connectivity index (χ1n) is 13.7.